The van der Waals surface area contributed by atoms with E-state index in [0.29, 0.717) is 16.9 Å². The number of hydrogen-bond donors (Lipinski definition) is 0. The number of aromatic nitrogens is 1. The molecule has 240 valence electrons. The Morgan fingerprint density at radius 2 is 1.10 bits per heavy atom. The highest BCUT2D eigenvalue weighted by atomic mass is 16.5. The Labute approximate surface area is 274 Å². The monoisotopic (exact) mass is 643 g/mol. The van der Waals surface area contributed by atoms with Crippen molar-refractivity contribution in [1.29, 1.82) is 0 Å². The van der Waals surface area contributed by atoms with E-state index < -0.39 is 70.6 Å². The molecule has 2 aliphatic heterocycles. The van der Waals surface area contributed by atoms with Crippen LogP contribution in [-0.4, -0.2) is 54.2 Å². The Balaban J connectivity index is 1.50. The molecule has 6 atom stereocenters. The fraction of sp³-hybridized carbons (Fsp3) is 0.243. The van der Waals surface area contributed by atoms with Crippen molar-refractivity contribution >= 4 is 52.5 Å². The predicted octanol–water partition coefficient (Wildman–Crippen LogP) is 3.95. The van der Waals surface area contributed by atoms with Crippen molar-refractivity contribution in [2.75, 3.05) is 24.0 Å². The molecule has 11 heteroatoms. The summed E-state index contributed by atoms with van der Waals surface area (Å²) in [5.74, 6) is -9.14. The van der Waals surface area contributed by atoms with E-state index in [-0.39, 0.29) is 22.3 Å². The molecule has 0 spiro atoms. The number of rotatable bonds is 5. The van der Waals surface area contributed by atoms with Gasteiger partial charge in [-0.05, 0) is 43.3 Å². The molecule has 2 aromatic heterocycles. The molecule has 2 unspecified atom stereocenters. The van der Waals surface area contributed by atoms with E-state index in [1.165, 1.54) is 14.2 Å². The van der Waals surface area contributed by atoms with Gasteiger partial charge in [-0.1, -0.05) is 54.1 Å². The van der Waals surface area contributed by atoms with Crippen LogP contribution >= 0.6 is 0 Å². The molecule has 4 heterocycles. The second-order valence-electron chi connectivity index (χ2n) is 12.6. The highest BCUT2D eigenvalue weighted by Gasteiger charge is 2.77. The van der Waals surface area contributed by atoms with E-state index in [0.717, 1.165) is 9.80 Å². The van der Waals surface area contributed by atoms with Crippen molar-refractivity contribution in [2.24, 2.45) is 29.6 Å². The minimum atomic E-state index is -1.75. The third kappa shape index (κ3) is 3.53. The average Bonchev–Trinajstić information content (AvgIpc) is 3.70. The lowest BCUT2D eigenvalue weighted by atomic mass is 9.44. The number of para-hydroxylation sites is 2. The number of nitrogens with zero attached hydrogens (tertiary/aromatic N) is 3. The molecule has 9 rings (SSSR count). The van der Waals surface area contributed by atoms with Crippen LogP contribution in [0.15, 0.2) is 96.7 Å². The number of anilines is 2. The van der Waals surface area contributed by atoms with Crippen LogP contribution in [0, 0.1) is 29.6 Å². The van der Waals surface area contributed by atoms with Crippen molar-refractivity contribution in [3.63, 3.8) is 0 Å². The summed E-state index contributed by atoms with van der Waals surface area (Å²) in [6, 6.07) is 22.0. The molecule has 0 radical (unpaired) electrons. The fourth-order valence-corrected chi connectivity index (χ4v) is 9.02. The number of methoxy groups -OCH3 is 2. The topological polar surface area (TPSA) is 132 Å². The minimum absolute atomic E-state index is 0.111. The van der Waals surface area contributed by atoms with Gasteiger partial charge in [-0.3, -0.25) is 19.2 Å². The molecular formula is C37H29N3O8. The smallest absolute Gasteiger partial charge is 0.340 e. The SMILES string of the molecule is COC(=O)c1c(C(=O)OC)c2ccccn2c1C12C=C(C)C([C@H]3C(=O)N(c4ccccc4)C(=O)[C@H]31)[C@@H]1C(=O)N(c3ccccc3)C(=O)[C@@H]12. The summed E-state index contributed by atoms with van der Waals surface area (Å²) >= 11 is 0. The number of ether oxygens (including phenoxy) is 2. The quantitative estimate of drug-likeness (QED) is 0.182. The maximum absolute atomic E-state index is 14.9. The zero-order valence-electron chi connectivity index (χ0n) is 26.2. The maximum atomic E-state index is 14.9. The van der Waals surface area contributed by atoms with Crippen molar-refractivity contribution in [2.45, 2.75) is 12.3 Å². The van der Waals surface area contributed by atoms with Crippen molar-refractivity contribution < 1.29 is 38.2 Å². The van der Waals surface area contributed by atoms with Crippen LogP contribution in [0.4, 0.5) is 11.4 Å². The van der Waals surface area contributed by atoms with Gasteiger partial charge < -0.3 is 13.9 Å². The zero-order chi connectivity index (χ0) is 33.6. The normalized spacial score (nSPS) is 27.3. The molecule has 3 fully saturated rings. The van der Waals surface area contributed by atoms with Gasteiger partial charge in [-0.25, -0.2) is 19.4 Å². The van der Waals surface area contributed by atoms with Gasteiger partial charge in [0.1, 0.15) is 0 Å². The molecule has 2 saturated heterocycles. The third-order valence-corrected chi connectivity index (χ3v) is 10.6. The van der Waals surface area contributed by atoms with Crippen molar-refractivity contribution in [3.8, 4) is 0 Å². The van der Waals surface area contributed by atoms with Crippen LogP contribution < -0.4 is 9.80 Å². The molecule has 0 N–H and O–H groups in total. The van der Waals surface area contributed by atoms with Crippen LogP contribution in [0.5, 0.6) is 0 Å². The number of carbonyl (C=O) groups excluding carboxylic acids is 6. The number of pyridine rings is 1. The first-order valence-electron chi connectivity index (χ1n) is 15.5. The van der Waals surface area contributed by atoms with E-state index in [1.54, 1.807) is 102 Å². The van der Waals surface area contributed by atoms with Crippen molar-refractivity contribution in [1.82, 2.24) is 4.40 Å². The molecule has 1 saturated carbocycles. The standard InChI is InChI=1S/C37H29N3O8/c1-19-18-37(30-27(36(46)48-3)24(35(45)47-2)22-16-10-11-17-38(22)30)28-25(31(41)39(33(28)43)20-12-6-4-7-13-20)23(19)26-29(37)34(44)40(32(26)42)21-14-8-5-9-15-21/h4-18,23,25-26,28-29H,1-3H3/t23?,25-,26+,28+,29-,37?. The molecule has 4 aromatic rings. The summed E-state index contributed by atoms with van der Waals surface area (Å²) < 4.78 is 12.0. The van der Waals surface area contributed by atoms with Gasteiger partial charge in [-0.15, -0.1) is 0 Å². The first kappa shape index (κ1) is 29.6. The van der Waals surface area contributed by atoms with Gasteiger partial charge in [0.05, 0.1) is 71.3 Å². The molecule has 11 nitrogen and oxygen atoms in total. The molecule has 3 aliphatic carbocycles. The number of fused-ring (bicyclic) bond motifs is 1. The third-order valence-electron chi connectivity index (χ3n) is 10.6. The molecule has 48 heavy (non-hydrogen) atoms. The summed E-state index contributed by atoms with van der Waals surface area (Å²) in [5, 5.41) is 0. The number of amides is 4. The molecular weight excluding hydrogens is 614 g/mol. The Morgan fingerprint density at radius 1 is 0.625 bits per heavy atom. The van der Waals surface area contributed by atoms with E-state index in [9.17, 15) is 28.8 Å². The van der Waals surface area contributed by atoms with Gasteiger partial charge >= 0.3 is 11.9 Å². The minimum Gasteiger partial charge on any atom is -0.465 e. The average molecular weight is 644 g/mol. The van der Waals surface area contributed by atoms with Crippen LogP contribution in [-0.2, 0) is 34.1 Å². The van der Waals surface area contributed by atoms with Crippen LogP contribution in [0.3, 0.4) is 0 Å². The fourth-order valence-electron chi connectivity index (χ4n) is 9.02. The summed E-state index contributed by atoms with van der Waals surface area (Å²) in [6.45, 7) is 1.78. The Hall–Kier alpha value is -5.84. The Morgan fingerprint density at radius 3 is 1.60 bits per heavy atom. The van der Waals surface area contributed by atoms with Crippen LogP contribution in [0.25, 0.3) is 5.52 Å². The first-order valence-corrected chi connectivity index (χ1v) is 15.5. The number of imide groups is 2. The highest BCUT2D eigenvalue weighted by molar-refractivity contribution is 6.27. The Kier molecular flexibility index (Phi) is 6.36. The predicted molar refractivity (Wildman–Crippen MR) is 171 cm³/mol. The van der Waals surface area contributed by atoms with E-state index in [2.05, 4.69) is 0 Å². The second-order valence-corrected chi connectivity index (χ2v) is 12.6. The lowest BCUT2D eigenvalue weighted by Crippen LogP contribution is -2.62. The zero-order valence-corrected chi connectivity index (χ0v) is 26.2. The summed E-state index contributed by atoms with van der Waals surface area (Å²) in [4.78, 5) is 88.6. The summed E-state index contributed by atoms with van der Waals surface area (Å²) in [5.41, 5.74) is -0.345. The van der Waals surface area contributed by atoms with Gasteiger partial charge in [0, 0.05) is 17.8 Å². The van der Waals surface area contributed by atoms with E-state index in [1.807, 2.05) is 0 Å². The van der Waals surface area contributed by atoms with Crippen LogP contribution in [0.2, 0.25) is 0 Å². The van der Waals surface area contributed by atoms with E-state index >= 15 is 0 Å². The number of esters is 2. The number of allylic oxidation sites excluding steroid dienone is 2. The van der Waals surface area contributed by atoms with Crippen LogP contribution in [0.1, 0.15) is 33.3 Å². The van der Waals surface area contributed by atoms with Gasteiger partial charge in [0.15, 0.2) is 0 Å². The highest BCUT2D eigenvalue weighted by Crippen LogP contribution is 2.67. The molecule has 5 aliphatic rings. The van der Waals surface area contributed by atoms with Gasteiger partial charge in [0.2, 0.25) is 23.6 Å². The molecule has 2 aromatic carbocycles. The Bertz CT molecular complexity index is 2050. The van der Waals surface area contributed by atoms with E-state index in [4.69, 9.17) is 9.47 Å². The number of carbonyl (C=O) groups is 6. The second kappa shape index (κ2) is 10.3. The number of hydrogen-bond acceptors (Lipinski definition) is 8. The largest absolute Gasteiger partial charge is 0.465 e. The molecule has 4 amide bonds. The summed E-state index contributed by atoms with van der Waals surface area (Å²) in [6.07, 6.45) is 3.40. The van der Waals surface area contributed by atoms with Gasteiger partial charge in [0.25, 0.3) is 0 Å². The first-order chi connectivity index (χ1) is 23.2. The summed E-state index contributed by atoms with van der Waals surface area (Å²) in [7, 11) is 2.35. The lowest BCUT2D eigenvalue weighted by Gasteiger charge is -2.55. The maximum Gasteiger partial charge on any atom is 0.340 e. The number of benzene rings is 2. The van der Waals surface area contributed by atoms with Crippen molar-refractivity contribution in [3.05, 3.63) is 114 Å². The molecule has 2 bridgehead atoms. The van der Waals surface area contributed by atoms with Gasteiger partial charge in [-0.2, -0.15) is 0 Å². The lowest BCUT2D eigenvalue weighted by molar-refractivity contribution is -0.141.